The van der Waals surface area contributed by atoms with Crippen molar-refractivity contribution in [2.75, 3.05) is 33.0 Å². The molecule has 0 amide bonds. The fourth-order valence-electron chi connectivity index (χ4n) is 4.26. The van der Waals surface area contributed by atoms with Crippen molar-refractivity contribution in [3.8, 4) is 11.5 Å². The molecule has 0 saturated carbocycles. The molecule has 4 rings (SSSR count). The van der Waals surface area contributed by atoms with Crippen molar-refractivity contribution in [3.63, 3.8) is 0 Å². The number of hydrogen-bond donors (Lipinski definition) is 2. The summed E-state index contributed by atoms with van der Waals surface area (Å²) in [7, 11) is 0. The minimum atomic E-state index is -1.82. The lowest BCUT2D eigenvalue weighted by Gasteiger charge is -2.43. The highest BCUT2D eigenvalue weighted by Gasteiger charge is 2.30. The number of aliphatic carboxylic acids is 2. The first-order valence-electron chi connectivity index (χ1n) is 10.3. The van der Waals surface area contributed by atoms with Crippen LogP contribution in [0, 0.1) is 0 Å². The largest absolute Gasteiger partial charge is 0.473 e. The predicted molar refractivity (Wildman–Crippen MR) is 108 cm³/mol. The van der Waals surface area contributed by atoms with Gasteiger partial charge in [-0.15, -0.1) is 0 Å². The van der Waals surface area contributed by atoms with E-state index < -0.39 is 11.9 Å². The number of benzene rings is 1. The molecule has 9 heteroatoms. The van der Waals surface area contributed by atoms with Gasteiger partial charge in [-0.1, -0.05) is 6.07 Å². The van der Waals surface area contributed by atoms with Crippen molar-refractivity contribution in [2.24, 2.45) is 0 Å². The number of carbonyl (C=O) groups is 2. The van der Waals surface area contributed by atoms with Crippen molar-refractivity contribution in [2.45, 2.75) is 51.5 Å². The van der Waals surface area contributed by atoms with E-state index in [1.807, 2.05) is 6.07 Å². The number of nitrogens with zero attached hydrogens (tertiary/aromatic N) is 2. The fourth-order valence-corrected chi connectivity index (χ4v) is 4.26. The Morgan fingerprint density at radius 2 is 1.60 bits per heavy atom. The number of morpholine rings is 1. The lowest BCUT2D eigenvalue weighted by atomic mass is 10.0. The topological polar surface area (TPSA) is 109 Å². The Hall–Kier alpha value is -2.36. The highest BCUT2D eigenvalue weighted by atomic mass is 16.7. The SMILES string of the molecule is CC1CN(C2CCN(Cc3ccc4c(c3)OCO4)CC2)CC(C)O1.O=C(O)C(=O)O. The third-order valence-corrected chi connectivity index (χ3v) is 5.55. The van der Waals surface area contributed by atoms with Crippen LogP contribution in [0.1, 0.15) is 32.3 Å². The number of carboxylic acids is 2. The lowest BCUT2D eigenvalue weighted by molar-refractivity contribution is -0.159. The molecule has 0 aliphatic carbocycles. The van der Waals surface area contributed by atoms with E-state index in [2.05, 4.69) is 35.8 Å². The monoisotopic (exact) mass is 422 g/mol. The molecule has 2 atom stereocenters. The third-order valence-electron chi connectivity index (χ3n) is 5.55. The molecule has 9 nitrogen and oxygen atoms in total. The molecule has 30 heavy (non-hydrogen) atoms. The van der Waals surface area contributed by atoms with Crippen molar-refractivity contribution >= 4 is 11.9 Å². The number of hydrogen-bond acceptors (Lipinski definition) is 7. The third kappa shape index (κ3) is 6.07. The molecule has 3 heterocycles. The van der Waals surface area contributed by atoms with Crippen LogP contribution in [0.4, 0.5) is 0 Å². The van der Waals surface area contributed by atoms with Crippen LogP contribution < -0.4 is 9.47 Å². The van der Waals surface area contributed by atoms with Gasteiger partial charge in [-0.25, -0.2) is 9.59 Å². The van der Waals surface area contributed by atoms with E-state index in [1.54, 1.807) is 0 Å². The average Bonchev–Trinajstić information content (AvgIpc) is 3.16. The van der Waals surface area contributed by atoms with Gasteiger partial charge in [0.05, 0.1) is 12.2 Å². The predicted octanol–water partition coefficient (Wildman–Crippen LogP) is 1.64. The highest BCUT2D eigenvalue weighted by Crippen LogP contribution is 2.33. The zero-order valence-electron chi connectivity index (χ0n) is 17.5. The van der Waals surface area contributed by atoms with Gasteiger partial charge < -0.3 is 24.4 Å². The Balaban J connectivity index is 0.000000377. The maximum Gasteiger partial charge on any atom is 0.414 e. The van der Waals surface area contributed by atoms with Crippen molar-refractivity contribution in [1.29, 1.82) is 0 Å². The van der Waals surface area contributed by atoms with Gasteiger partial charge in [-0.3, -0.25) is 9.80 Å². The molecule has 2 N–H and O–H groups in total. The van der Waals surface area contributed by atoms with Gasteiger partial charge >= 0.3 is 11.9 Å². The molecule has 2 unspecified atom stereocenters. The van der Waals surface area contributed by atoms with E-state index in [0.29, 0.717) is 25.0 Å². The number of ether oxygens (including phenoxy) is 3. The van der Waals surface area contributed by atoms with E-state index in [4.69, 9.17) is 34.0 Å². The van der Waals surface area contributed by atoms with Crippen LogP contribution in [-0.2, 0) is 20.9 Å². The number of likely N-dealkylation sites (tertiary alicyclic amines) is 1. The number of carboxylic acid groups (broad SMARTS) is 2. The Kier molecular flexibility index (Phi) is 7.52. The summed E-state index contributed by atoms with van der Waals surface area (Å²) < 4.78 is 16.7. The smallest absolute Gasteiger partial charge is 0.414 e. The van der Waals surface area contributed by atoms with E-state index in [9.17, 15) is 0 Å². The van der Waals surface area contributed by atoms with Gasteiger partial charge in [0.1, 0.15) is 0 Å². The molecule has 3 aliphatic rings. The second kappa shape index (κ2) is 10.1. The second-order valence-corrected chi connectivity index (χ2v) is 8.02. The summed E-state index contributed by atoms with van der Waals surface area (Å²) in [6.45, 7) is 10.2. The summed E-state index contributed by atoms with van der Waals surface area (Å²) in [4.78, 5) is 23.4. The van der Waals surface area contributed by atoms with Crippen molar-refractivity contribution < 1.29 is 34.0 Å². The lowest BCUT2D eigenvalue weighted by Crippen LogP contribution is -2.53. The van der Waals surface area contributed by atoms with Gasteiger partial charge in [0.15, 0.2) is 11.5 Å². The summed E-state index contributed by atoms with van der Waals surface area (Å²) in [6.07, 6.45) is 3.23. The molecule has 0 radical (unpaired) electrons. The number of fused-ring (bicyclic) bond motifs is 1. The standard InChI is InChI=1S/C19H28N2O3.C2H2O4/c1-14-10-21(11-15(2)24-14)17-5-7-20(8-6-17)12-16-3-4-18-19(9-16)23-13-22-18;3-1(4)2(5)6/h3-4,9,14-15,17H,5-8,10-13H2,1-2H3;(H,3,4)(H,5,6). The van der Waals surface area contributed by atoms with Crippen LogP contribution in [0.15, 0.2) is 18.2 Å². The first-order valence-corrected chi connectivity index (χ1v) is 10.3. The first-order chi connectivity index (χ1) is 14.3. The van der Waals surface area contributed by atoms with Gasteiger partial charge in [0.25, 0.3) is 0 Å². The summed E-state index contributed by atoms with van der Waals surface area (Å²) in [6, 6.07) is 7.03. The van der Waals surface area contributed by atoms with Crippen LogP contribution in [-0.4, -0.2) is 83.2 Å². The van der Waals surface area contributed by atoms with E-state index in [1.165, 1.54) is 31.5 Å². The fraction of sp³-hybridized carbons (Fsp3) is 0.619. The summed E-state index contributed by atoms with van der Waals surface area (Å²) in [5.74, 6) is -1.89. The van der Waals surface area contributed by atoms with Gasteiger partial charge in [-0.2, -0.15) is 0 Å². The zero-order valence-corrected chi connectivity index (χ0v) is 17.5. The summed E-state index contributed by atoms with van der Waals surface area (Å²) >= 11 is 0. The van der Waals surface area contributed by atoms with Crippen LogP contribution in [0.2, 0.25) is 0 Å². The average molecular weight is 422 g/mol. The molecule has 0 spiro atoms. The number of piperidine rings is 1. The van der Waals surface area contributed by atoms with Gasteiger partial charge in [0.2, 0.25) is 6.79 Å². The van der Waals surface area contributed by atoms with Crippen LogP contribution in [0.25, 0.3) is 0 Å². The quantitative estimate of drug-likeness (QED) is 0.703. The molecule has 2 fully saturated rings. The maximum absolute atomic E-state index is 9.10. The van der Waals surface area contributed by atoms with Crippen molar-refractivity contribution in [3.05, 3.63) is 23.8 Å². The van der Waals surface area contributed by atoms with Crippen LogP contribution in [0.3, 0.4) is 0 Å². The maximum atomic E-state index is 9.10. The second-order valence-electron chi connectivity index (χ2n) is 8.02. The Bertz CT molecular complexity index is 727. The molecule has 0 aromatic heterocycles. The first kappa shape index (κ1) is 22.3. The van der Waals surface area contributed by atoms with Crippen LogP contribution in [0.5, 0.6) is 11.5 Å². The summed E-state index contributed by atoms with van der Waals surface area (Å²) in [5.41, 5.74) is 1.31. The molecule has 1 aromatic rings. The van der Waals surface area contributed by atoms with E-state index >= 15 is 0 Å². The molecular weight excluding hydrogens is 392 g/mol. The van der Waals surface area contributed by atoms with E-state index in [0.717, 1.165) is 31.1 Å². The molecular formula is C21H30N2O7. The Morgan fingerprint density at radius 1 is 1.00 bits per heavy atom. The Labute approximate surface area is 176 Å². The van der Waals surface area contributed by atoms with Gasteiger partial charge in [-0.05, 0) is 57.5 Å². The van der Waals surface area contributed by atoms with Crippen LogP contribution >= 0.6 is 0 Å². The molecule has 166 valence electrons. The molecule has 0 bridgehead atoms. The molecule has 3 aliphatic heterocycles. The molecule has 2 saturated heterocycles. The number of rotatable bonds is 3. The minimum absolute atomic E-state index is 0.348. The zero-order chi connectivity index (χ0) is 21.7. The van der Waals surface area contributed by atoms with Crippen molar-refractivity contribution in [1.82, 2.24) is 9.80 Å². The van der Waals surface area contributed by atoms with Gasteiger partial charge in [0, 0.05) is 25.7 Å². The molecule has 1 aromatic carbocycles. The minimum Gasteiger partial charge on any atom is -0.473 e. The normalized spacial score (nSPS) is 24.7. The van der Waals surface area contributed by atoms with E-state index in [-0.39, 0.29) is 0 Å². The highest BCUT2D eigenvalue weighted by molar-refractivity contribution is 6.27. The Morgan fingerprint density at radius 3 is 2.20 bits per heavy atom. The summed E-state index contributed by atoms with van der Waals surface area (Å²) in [5, 5.41) is 14.8.